The van der Waals surface area contributed by atoms with E-state index >= 15 is 0 Å². The van der Waals surface area contributed by atoms with Crippen LogP contribution in [0.5, 0.6) is 0 Å². The van der Waals surface area contributed by atoms with E-state index in [1.54, 1.807) is 36.4 Å². The van der Waals surface area contributed by atoms with Crippen molar-refractivity contribution >= 4 is 54.6 Å². The molecule has 4 rings (SSSR count). The molecule has 13 heteroatoms. The second kappa shape index (κ2) is 9.32. The molecule has 1 aromatic heterocycles. The summed E-state index contributed by atoms with van der Waals surface area (Å²) in [5.41, 5.74) is -1.75. The van der Waals surface area contributed by atoms with Crippen molar-refractivity contribution in [1.29, 1.82) is 0 Å². The summed E-state index contributed by atoms with van der Waals surface area (Å²) in [7, 11) is -8.95. The minimum Gasteiger partial charge on any atom is -0.338 e. The maximum absolute atomic E-state index is 12.5. The number of para-hydroxylation sites is 1. The topological polar surface area (TPSA) is 121 Å². The molecule has 8 nitrogen and oxygen atoms in total. The van der Waals surface area contributed by atoms with E-state index in [1.807, 2.05) is 18.2 Å². The van der Waals surface area contributed by atoms with Crippen molar-refractivity contribution in [3.8, 4) is 11.1 Å². The Bertz CT molecular complexity index is 1660. The van der Waals surface area contributed by atoms with Gasteiger partial charge in [0.1, 0.15) is 5.82 Å². The van der Waals surface area contributed by atoms with Gasteiger partial charge in [0.25, 0.3) is 0 Å². The fourth-order valence-electron chi connectivity index (χ4n) is 3.35. The van der Waals surface area contributed by atoms with Gasteiger partial charge in [-0.25, -0.2) is 13.4 Å². The molecule has 0 saturated heterocycles. The number of halogens is 3. The van der Waals surface area contributed by atoms with Crippen LogP contribution in [0.3, 0.4) is 0 Å². The third-order valence-corrected chi connectivity index (χ3v) is 6.64. The summed E-state index contributed by atoms with van der Waals surface area (Å²) in [4.78, 5) is 7.64. The number of nitrogens with one attached hydrogen (secondary N) is 3. The second-order valence-corrected chi connectivity index (χ2v) is 11.2. The van der Waals surface area contributed by atoms with Crippen molar-refractivity contribution in [2.75, 3.05) is 15.7 Å². The Labute approximate surface area is 205 Å². The van der Waals surface area contributed by atoms with Crippen molar-refractivity contribution in [2.45, 2.75) is 5.51 Å². The molecule has 0 spiro atoms. The molecule has 0 atom stereocenters. The zero-order valence-electron chi connectivity index (χ0n) is 18.5. The van der Waals surface area contributed by atoms with Gasteiger partial charge < -0.3 is 4.98 Å². The number of imidazole rings is 1. The van der Waals surface area contributed by atoms with Crippen LogP contribution in [-0.2, 0) is 20.0 Å². The molecule has 3 aromatic carbocycles. The van der Waals surface area contributed by atoms with Gasteiger partial charge in [-0.2, -0.15) is 21.6 Å². The number of anilines is 2. The highest BCUT2D eigenvalue weighted by molar-refractivity contribution is 7.93. The number of hydrogen-bond donors (Lipinski definition) is 3. The number of rotatable bonds is 7. The van der Waals surface area contributed by atoms with E-state index < -0.39 is 25.6 Å². The summed E-state index contributed by atoms with van der Waals surface area (Å²) >= 11 is 0. The lowest BCUT2D eigenvalue weighted by molar-refractivity contribution is -0.0429. The van der Waals surface area contributed by atoms with Crippen molar-refractivity contribution in [3.05, 3.63) is 78.1 Å². The van der Waals surface area contributed by atoms with Crippen LogP contribution in [0.15, 0.2) is 66.7 Å². The molecule has 1 heterocycles. The van der Waals surface area contributed by atoms with E-state index in [0.29, 0.717) is 28.2 Å². The molecule has 188 valence electrons. The molecule has 0 aliphatic carbocycles. The van der Waals surface area contributed by atoms with Crippen LogP contribution in [0.25, 0.3) is 34.3 Å². The molecule has 0 bridgehead atoms. The maximum atomic E-state index is 12.5. The number of aromatic nitrogens is 2. The van der Waals surface area contributed by atoms with Crippen molar-refractivity contribution < 1.29 is 30.0 Å². The standard InChI is InChI=1S/C23H19F3N4O4S2/c1-35(31,32)30-19-5-3-2-4-18(19)16-9-12-20-21(14-16)28-22(27-20)13-8-15-6-10-17(11-7-15)29-36(33,34)23(24,25)26/h2-14,29-30H,1H3,(H,27,28)/b13-8+. The summed E-state index contributed by atoms with van der Waals surface area (Å²) in [6.07, 6.45) is 4.40. The molecule has 0 aliphatic heterocycles. The second-order valence-electron chi connectivity index (χ2n) is 7.78. The first-order chi connectivity index (χ1) is 16.8. The van der Waals surface area contributed by atoms with Gasteiger partial charge in [-0.15, -0.1) is 0 Å². The molecule has 0 saturated carbocycles. The molecule has 0 amide bonds. The number of hydrogen-bond acceptors (Lipinski definition) is 5. The quantitative estimate of drug-likeness (QED) is 0.306. The van der Waals surface area contributed by atoms with Gasteiger partial charge in [0.2, 0.25) is 10.0 Å². The predicted molar refractivity (Wildman–Crippen MR) is 134 cm³/mol. The van der Waals surface area contributed by atoms with Crippen LogP contribution in [0, 0.1) is 0 Å². The number of sulfonamides is 2. The Hall–Kier alpha value is -3.84. The first kappa shape index (κ1) is 25.3. The molecule has 4 aromatic rings. The van der Waals surface area contributed by atoms with Gasteiger partial charge in [-0.1, -0.05) is 42.5 Å². The van der Waals surface area contributed by atoms with Gasteiger partial charge in [0, 0.05) is 11.3 Å². The molecule has 36 heavy (non-hydrogen) atoms. The Morgan fingerprint density at radius 2 is 1.58 bits per heavy atom. The average Bonchev–Trinajstić information content (AvgIpc) is 3.19. The van der Waals surface area contributed by atoms with Crippen LogP contribution in [0.1, 0.15) is 11.4 Å². The molecule has 0 aliphatic rings. The van der Waals surface area contributed by atoms with Crippen LogP contribution in [0.2, 0.25) is 0 Å². The lowest BCUT2D eigenvalue weighted by Crippen LogP contribution is -2.29. The fourth-order valence-corrected chi connectivity index (χ4v) is 4.49. The molecule has 0 fully saturated rings. The lowest BCUT2D eigenvalue weighted by Gasteiger charge is -2.10. The highest BCUT2D eigenvalue weighted by Gasteiger charge is 2.46. The zero-order chi connectivity index (χ0) is 26.1. The summed E-state index contributed by atoms with van der Waals surface area (Å²) in [6.45, 7) is 0. The summed E-state index contributed by atoms with van der Waals surface area (Å²) in [6, 6.07) is 17.8. The predicted octanol–water partition coefficient (Wildman–Crippen LogP) is 5.03. The number of alkyl halides is 3. The molecule has 0 radical (unpaired) electrons. The van der Waals surface area contributed by atoms with E-state index in [1.165, 1.54) is 29.0 Å². The average molecular weight is 537 g/mol. The fraction of sp³-hybridized carbons (Fsp3) is 0.0870. The van der Waals surface area contributed by atoms with Crippen molar-refractivity contribution in [3.63, 3.8) is 0 Å². The van der Waals surface area contributed by atoms with Gasteiger partial charge in [0.15, 0.2) is 0 Å². The van der Waals surface area contributed by atoms with Crippen molar-refractivity contribution in [2.24, 2.45) is 0 Å². The minimum atomic E-state index is -5.49. The summed E-state index contributed by atoms with van der Waals surface area (Å²) < 4.78 is 87.3. The third kappa shape index (κ3) is 5.86. The SMILES string of the molecule is CS(=O)(=O)Nc1ccccc1-c1ccc2[nH]c(/C=C/c3ccc(NS(=O)(=O)C(F)(F)F)cc3)nc2c1. The van der Waals surface area contributed by atoms with Gasteiger partial charge >= 0.3 is 15.5 Å². The van der Waals surface area contributed by atoms with E-state index in [9.17, 15) is 30.0 Å². The highest BCUT2D eigenvalue weighted by atomic mass is 32.2. The van der Waals surface area contributed by atoms with E-state index in [2.05, 4.69) is 14.7 Å². The largest absolute Gasteiger partial charge is 0.516 e. The third-order valence-electron chi connectivity index (χ3n) is 4.94. The van der Waals surface area contributed by atoms with Crippen LogP contribution in [0.4, 0.5) is 24.5 Å². The number of aromatic amines is 1. The Kier molecular flexibility index (Phi) is 6.54. The highest BCUT2D eigenvalue weighted by Crippen LogP contribution is 2.30. The number of fused-ring (bicyclic) bond motifs is 1. The molecule has 0 unspecified atom stereocenters. The van der Waals surface area contributed by atoms with Gasteiger partial charge in [-0.3, -0.25) is 9.44 Å². The monoisotopic (exact) mass is 536 g/mol. The van der Waals surface area contributed by atoms with Crippen LogP contribution >= 0.6 is 0 Å². The molecule has 3 N–H and O–H groups in total. The lowest BCUT2D eigenvalue weighted by atomic mass is 10.0. The summed E-state index contributed by atoms with van der Waals surface area (Å²) in [5, 5.41) is 0. The Morgan fingerprint density at radius 1 is 0.889 bits per heavy atom. The van der Waals surface area contributed by atoms with Gasteiger partial charge in [-0.05, 0) is 47.5 Å². The number of H-pyrrole nitrogens is 1. The zero-order valence-corrected chi connectivity index (χ0v) is 20.2. The summed E-state index contributed by atoms with van der Waals surface area (Å²) in [5.74, 6) is 0.506. The Balaban J connectivity index is 1.54. The van der Waals surface area contributed by atoms with E-state index in [0.717, 1.165) is 17.3 Å². The molecular formula is C23H19F3N4O4S2. The maximum Gasteiger partial charge on any atom is 0.516 e. The first-order valence-electron chi connectivity index (χ1n) is 10.2. The van der Waals surface area contributed by atoms with E-state index in [4.69, 9.17) is 0 Å². The Morgan fingerprint density at radius 3 is 2.25 bits per heavy atom. The molecular weight excluding hydrogens is 517 g/mol. The first-order valence-corrected chi connectivity index (χ1v) is 13.6. The normalized spacial score (nSPS) is 12.8. The van der Waals surface area contributed by atoms with Gasteiger partial charge in [0.05, 0.1) is 23.0 Å². The van der Waals surface area contributed by atoms with Crippen molar-refractivity contribution in [1.82, 2.24) is 9.97 Å². The minimum absolute atomic E-state index is 0.216. The van der Waals surface area contributed by atoms with E-state index in [-0.39, 0.29) is 5.69 Å². The van der Waals surface area contributed by atoms with Crippen LogP contribution in [-0.4, -0.2) is 38.6 Å². The smallest absolute Gasteiger partial charge is 0.338 e. The number of nitrogens with zero attached hydrogens (tertiary/aromatic N) is 1. The number of benzene rings is 3. The van der Waals surface area contributed by atoms with Crippen LogP contribution < -0.4 is 9.44 Å².